The lowest BCUT2D eigenvalue weighted by atomic mass is 10.1. The minimum atomic E-state index is -0.175. The number of methoxy groups -OCH3 is 2. The van der Waals surface area contributed by atoms with Crippen LogP contribution >= 0.6 is 15.9 Å². The number of esters is 1. The fraction of sp³-hybridized carbons (Fsp3) is 0.364. The molecule has 0 aliphatic heterocycles. The average molecular weight is 448 g/mol. The van der Waals surface area contributed by atoms with Crippen molar-refractivity contribution in [2.75, 3.05) is 25.7 Å². The van der Waals surface area contributed by atoms with Crippen LogP contribution in [-0.2, 0) is 16.1 Å². The zero-order chi connectivity index (χ0) is 20.4. The Balaban J connectivity index is 2.10. The Kier molecular flexibility index (Phi) is 9.01. The molecule has 0 unspecified atom stereocenters. The fourth-order valence-corrected chi connectivity index (χ4v) is 3.37. The van der Waals surface area contributed by atoms with E-state index < -0.39 is 0 Å². The molecule has 0 atom stereocenters. The van der Waals surface area contributed by atoms with Crippen LogP contribution in [0.15, 0.2) is 46.9 Å². The van der Waals surface area contributed by atoms with E-state index >= 15 is 0 Å². The van der Waals surface area contributed by atoms with Crippen LogP contribution in [0.4, 0.5) is 5.69 Å². The highest BCUT2D eigenvalue weighted by atomic mass is 79.9. The molecule has 0 saturated carbocycles. The van der Waals surface area contributed by atoms with Crippen LogP contribution in [0.5, 0.6) is 5.75 Å². The van der Waals surface area contributed by atoms with Gasteiger partial charge in [-0.2, -0.15) is 0 Å². The number of hydrogen-bond donors (Lipinski definition) is 0. The molecule has 0 spiro atoms. The number of hydrogen-bond acceptors (Lipinski definition) is 5. The van der Waals surface area contributed by atoms with Crippen LogP contribution < -0.4 is 9.64 Å². The lowest BCUT2D eigenvalue weighted by Gasteiger charge is -2.26. The van der Waals surface area contributed by atoms with E-state index in [2.05, 4.69) is 25.6 Å². The zero-order valence-corrected chi connectivity index (χ0v) is 17.9. The van der Waals surface area contributed by atoms with Crippen LogP contribution in [-0.4, -0.2) is 33.0 Å². The van der Waals surface area contributed by atoms with Gasteiger partial charge in [0.15, 0.2) is 6.29 Å². The van der Waals surface area contributed by atoms with Gasteiger partial charge in [-0.25, -0.2) is 0 Å². The van der Waals surface area contributed by atoms with Gasteiger partial charge < -0.3 is 14.4 Å². The average Bonchev–Trinajstić information content (AvgIpc) is 2.72. The molecule has 6 heteroatoms. The molecule has 0 bridgehead atoms. The van der Waals surface area contributed by atoms with Gasteiger partial charge in [-0.15, -0.1) is 0 Å². The molecule has 0 saturated heterocycles. The largest absolute Gasteiger partial charge is 0.497 e. The number of carbonyl (C=O) groups is 2. The molecule has 2 rings (SSSR count). The first-order valence-electron chi connectivity index (χ1n) is 9.26. The summed E-state index contributed by atoms with van der Waals surface area (Å²) in [6, 6.07) is 13.7. The maximum Gasteiger partial charge on any atom is 0.305 e. The summed E-state index contributed by atoms with van der Waals surface area (Å²) in [5.74, 6) is 0.640. The van der Waals surface area contributed by atoms with E-state index in [0.29, 0.717) is 18.5 Å². The summed E-state index contributed by atoms with van der Waals surface area (Å²) >= 11 is 3.43. The first kappa shape index (κ1) is 22.0. The molecule has 0 amide bonds. The Morgan fingerprint density at radius 2 is 1.82 bits per heavy atom. The molecule has 0 aliphatic carbocycles. The molecule has 0 fully saturated rings. The molecular formula is C22H26BrNO4. The molecule has 28 heavy (non-hydrogen) atoms. The van der Waals surface area contributed by atoms with Crippen LogP contribution in [0.2, 0.25) is 0 Å². The van der Waals surface area contributed by atoms with Crippen molar-refractivity contribution in [3.8, 4) is 5.75 Å². The van der Waals surface area contributed by atoms with E-state index in [0.717, 1.165) is 53.6 Å². The monoisotopic (exact) mass is 447 g/mol. The third-order valence-corrected chi connectivity index (χ3v) is 5.02. The number of anilines is 1. The summed E-state index contributed by atoms with van der Waals surface area (Å²) < 4.78 is 10.8. The summed E-state index contributed by atoms with van der Waals surface area (Å²) in [4.78, 5) is 25.0. The van der Waals surface area contributed by atoms with Crippen LogP contribution in [0.3, 0.4) is 0 Å². The van der Waals surface area contributed by atoms with Crippen LogP contribution in [0.1, 0.15) is 41.6 Å². The normalized spacial score (nSPS) is 10.4. The zero-order valence-electron chi connectivity index (χ0n) is 16.3. The second kappa shape index (κ2) is 11.5. The van der Waals surface area contributed by atoms with E-state index in [9.17, 15) is 9.59 Å². The summed E-state index contributed by atoms with van der Waals surface area (Å²) in [6.45, 7) is 1.47. The van der Waals surface area contributed by atoms with Crippen LogP contribution in [0.25, 0.3) is 0 Å². The predicted octanol–water partition coefficient (Wildman–Crippen LogP) is 5.01. The molecule has 0 aliphatic rings. The molecule has 2 aromatic rings. The summed E-state index contributed by atoms with van der Waals surface area (Å²) in [6.07, 6.45) is 3.96. The number of rotatable bonds is 11. The van der Waals surface area contributed by atoms with Gasteiger partial charge in [-0.3, -0.25) is 9.59 Å². The molecule has 150 valence electrons. The number of aldehydes is 1. The highest BCUT2D eigenvalue weighted by Gasteiger charge is 2.13. The number of ether oxygens (including phenoxy) is 2. The smallest absolute Gasteiger partial charge is 0.305 e. The Bertz CT molecular complexity index is 777. The van der Waals surface area contributed by atoms with E-state index in [1.807, 2.05) is 42.5 Å². The summed E-state index contributed by atoms with van der Waals surface area (Å²) in [5, 5.41) is 0. The summed E-state index contributed by atoms with van der Waals surface area (Å²) in [5.41, 5.74) is 2.69. The Hall–Kier alpha value is -2.34. The first-order chi connectivity index (χ1) is 13.6. The standard InChI is InChI=1S/C22H26BrNO4/c1-27-20-10-7-17(8-11-20)15-24(13-5-3-4-6-22(26)28-2)21-12-9-19(23)14-18(21)16-25/h7-12,14,16H,3-6,13,15H2,1-2H3. The minimum absolute atomic E-state index is 0.175. The van der Waals surface area contributed by atoms with Crippen molar-refractivity contribution in [3.05, 3.63) is 58.1 Å². The number of benzene rings is 2. The van der Waals surface area contributed by atoms with Crippen molar-refractivity contribution < 1.29 is 19.1 Å². The fourth-order valence-electron chi connectivity index (χ4n) is 2.99. The molecule has 2 aromatic carbocycles. The van der Waals surface area contributed by atoms with Gasteiger partial charge in [0.1, 0.15) is 5.75 Å². The maximum atomic E-state index is 11.6. The van der Waals surface area contributed by atoms with Gasteiger partial charge in [0, 0.05) is 35.2 Å². The number of unbranched alkanes of at least 4 members (excludes halogenated alkanes) is 2. The van der Waals surface area contributed by atoms with Crippen molar-refractivity contribution in [1.29, 1.82) is 0 Å². The third kappa shape index (κ3) is 6.68. The number of halogens is 1. The molecular weight excluding hydrogens is 422 g/mol. The van der Waals surface area contributed by atoms with E-state index in [4.69, 9.17) is 4.74 Å². The maximum absolute atomic E-state index is 11.6. The first-order valence-corrected chi connectivity index (χ1v) is 10.1. The predicted molar refractivity (Wildman–Crippen MR) is 114 cm³/mol. The van der Waals surface area contributed by atoms with Gasteiger partial charge >= 0.3 is 5.97 Å². The minimum Gasteiger partial charge on any atom is -0.497 e. The Morgan fingerprint density at radius 1 is 1.07 bits per heavy atom. The highest BCUT2D eigenvalue weighted by molar-refractivity contribution is 9.10. The van der Waals surface area contributed by atoms with E-state index in [-0.39, 0.29) is 5.97 Å². The molecule has 5 nitrogen and oxygen atoms in total. The van der Waals surface area contributed by atoms with Crippen molar-refractivity contribution in [1.82, 2.24) is 0 Å². The quantitative estimate of drug-likeness (QED) is 0.275. The molecule has 0 heterocycles. The third-order valence-electron chi connectivity index (χ3n) is 4.53. The Labute approximate surface area is 174 Å². The highest BCUT2D eigenvalue weighted by Crippen LogP contribution is 2.26. The van der Waals surface area contributed by atoms with Crippen molar-refractivity contribution in [2.24, 2.45) is 0 Å². The lowest BCUT2D eigenvalue weighted by Crippen LogP contribution is -2.25. The number of nitrogens with zero attached hydrogens (tertiary/aromatic N) is 1. The molecule has 0 N–H and O–H groups in total. The second-order valence-corrected chi connectivity index (χ2v) is 7.39. The topological polar surface area (TPSA) is 55.8 Å². The van der Waals surface area contributed by atoms with Crippen LogP contribution in [0, 0.1) is 0 Å². The van der Waals surface area contributed by atoms with Gasteiger partial charge in [0.2, 0.25) is 0 Å². The van der Waals surface area contributed by atoms with Crippen molar-refractivity contribution in [2.45, 2.75) is 32.2 Å². The van der Waals surface area contributed by atoms with Gasteiger partial charge in [-0.05, 0) is 48.7 Å². The van der Waals surface area contributed by atoms with Crippen molar-refractivity contribution >= 4 is 33.9 Å². The molecule has 0 radical (unpaired) electrons. The SMILES string of the molecule is COC(=O)CCCCCN(Cc1ccc(OC)cc1)c1ccc(Br)cc1C=O. The second-order valence-electron chi connectivity index (χ2n) is 6.48. The van der Waals surface area contributed by atoms with E-state index in [1.165, 1.54) is 7.11 Å². The van der Waals surface area contributed by atoms with Gasteiger partial charge in [0.05, 0.1) is 14.2 Å². The molecule has 0 aromatic heterocycles. The van der Waals surface area contributed by atoms with E-state index in [1.54, 1.807) is 7.11 Å². The Morgan fingerprint density at radius 3 is 2.46 bits per heavy atom. The number of carbonyl (C=O) groups excluding carboxylic acids is 2. The van der Waals surface area contributed by atoms with Gasteiger partial charge in [-0.1, -0.05) is 34.5 Å². The summed E-state index contributed by atoms with van der Waals surface area (Å²) in [7, 11) is 3.06. The van der Waals surface area contributed by atoms with Gasteiger partial charge in [0.25, 0.3) is 0 Å². The van der Waals surface area contributed by atoms with Crippen molar-refractivity contribution in [3.63, 3.8) is 0 Å². The lowest BCUT2D eigenvalue weighted by molar-refractivity contribution is -0.140.